The average Bonchev–Trinajstić information content (AvgIpc) is 3.27. The number of nitrogen functional groups attached to an aromatic ring is 1. The first-order valence-corrected chi connectivity index (χ1v) is 13.3. The fourth-order valence-electron chi connectivity index (χ4n) is 3.65. The summed E-state index contributed by atoms with van der Waals surface area (Å²) in [5, 5.41) is 16.2. The molecule has 2 atom stereocenters. The van der Waals surface area contributed by atoms with Crippen LogP contribution in [-0.4, -0.2) is 68.5 Å². The highest BCUT2D eigenvalue weighted by Gasteiger charge is 2.54. The molecule has 36 heavy (non-hydrogen) atoms. The number of hydrogen-bond donors (Lipinski definition) is 3. The Hall–Kier alpha value is -3.24. The summed E-state index contributed by atoms with van der Waals surface area (Å²) in [6.45, 7) is -3.02. The molecule has 0 saturated carbocycles. The number of pyridine rings is 1. The highest BCUT2D eigenvalue weighted by atomic mass is 32.2. The maximum atomic E-state index is 12.9. The van der Waals surface area contributed by atoms with Gasteiger partial charge in [-0.05, 0) is 12.3 Å². The van der Waals surface area contributed by atoms with Gasteiger partial charge < -0.3 is 21.0 Å². The van der Waals surface area contributed by atoms with Crippen molar-refractivity contribution < 1.29 is 37.7 Å². The number of nitrogens with two attached hydrogens (primary N) is 1. The van der Waals surface area contributed by atoms with Crippen LogP contribution in [0, 0.1) is 0 Å². The van der Waals surface area contributed by atoms with Crippen LogP contribution >= 0.6 is 34.9 Å². The molecule has 0 aromatic carbocycles. The molecule has 11 nitrogen and oxygen atoms in total. The number of rotatable bonds is 9. The van der Waals surface area contributed by atoms with Gasteiger partial charge in [0.2, 0.25) is 0 Å². The van der Waals surface area contributed by atoms with Gasteiger partial charge in [0, 0.05) is 22.8 Å². The summed E-state index contributed by atoms with van der Waals surface area (Å²) in [4.78, 5) is 47.7. The van der Waals surface area contributed by atoms with Crippen LogP contribution in [0.2, 0.25) is 0 Å². The molecule has 2 aliphatic rings. The Morgan fingerprint density at radius 2 is 2.28 bits per heavy atom. The lowest BCUT2D eigenvalue weighted by Gasteiger charge is -2.49. The van der Waals surface area contributed by atoms with E-state index in [1.54, 1.807) is 18.0 Å². The van der Waals surface area contributed by atoms with Gasteiger partial charge in [0.25, 0.3) is 11.8 Å². The summed E-state index contributed by atoms with van der Waals surface area (Å²) in [7, 11) is 0. The van der Waals surface area contributed by atoms with Crippen molar-refractivity contribution in [3.8, 4) is 0 Å². The van der Waals surface area contributed by atoms with Crippen LogP contribution in [-0.2, 0) is 25.8 Å². The maximum Gasteiger partial charge on any atom is 0.407 e. The predicted octanol–water partition coefficient (Wildman–Crippen LogP) is 1.12. The summed E-state index contributed by atoms with van der Waals surface area (Å²) < 4.78 is 26.9. The fraction of sp³-hybridized carbons (Fsp3) is 0.300. The molecule has 4 heterocycles. The van der Waals surface area contributed by atoms with Crippen molar-refractivity contribution in [1.82, 2.24) is 15.2 Å². The van der Waals surface area contributed by atoms with E-state index in [0.717, 1.165) is 21.1 Å². The monoisotopic (exact) mass is 557 g/mol. The molecule has 0 bridgehead atoms. The smallest absolute Gasteiger partial charge is 0.407 e. The molecule has 0 spiro atoms. The number of nitrogens with zero attached hydrogens (tertiary/aromatic N) is 4. The minimum atomic E-state index is -3.28. The molecule has 2 aromatic heterocycles. The van der Waals surface area contributed by atoms with E-state index < -0.39 is 41.5 Å². The second-order valence-corrected chi connectivity index (χ2v) is 10.3. The molecule has 16 heteroatoms. The van der Waals surface area contributed by atoms with Crippen LogP contribution in [0.25, 0.3) is 0 Å². The number of thiazole rings is 1. The Morgan fingerprint density at radius 3 is 2.92 bits per heavy atom. The summed E-state index contributed by atoms with van der Waals surface area (Å²) in [6.07, 6.45) is 5.61. The standard InChI is InChI=1S/C20H18F2N6O5S3/c1-34-10-3-2-4-27(6-10)5-9-7-35-17-13(16(30)28(17)14(9)18(31)32)25-15(29)12(26-33-19(21)22)11-8-36-20(23)24-11/h2-4,6,8,13,17,19H,5,7H2,1H3,(H3-,23,24,25,29,31,32)/p+1/t13?,17-/m1/s1. The molecule has 1 unspecified atom stereocenters. The first-order chi connectivity index (χ1) is 17.2. The number of thioether (sulfide) groups is 2. The topological polar surface area (TPSA) is 151 Å². The number of aliphatic carboxylic acids is 1. The van der Waals surface area contributed by atoms with Gasteiger partial charge in [-0.1, -0.05) is 5.16 Å². The number of carboxylic acids is 1. The van der Waals surface area contributed by atoms with E-state index in [2.05, 4.69) is 20.3 Å². The molecule has 4 rings (SSSR count). The van der Waals surface area contributed by atoms with Gasteiger partial charge in [0.05, 0.1) is 4.90 Å². The van der Waals surface area contributed by atoms with E-state index in [1.807, 2.05) is 29.2 Å². The summed E-state index contributed by atoms with van der Waals surface area (Å²) in [6, 6.07) is 2.67. The van der Waals surface area contributed by atoms with Gasteiger partial charge in [-0.25, -0.2) is 9.78 Å². The number of fused-ring (bicyclic) bond motifs is 1. The molecule has 1 fully saturated rings. The van der Waals surface area contributed by atoms with Crippen molar-refractivity contribution in [1.29, 1.82) is 0 Å². The number of nitrogens with one attached hydrogen (secondary N) is 1. The number of carbonyl (C=O) groups is 3. The zero-order valence-corrected chi connectivity index (χ0v) is 20.9. The number of hydrogen-bond acceptors (Lipinski definition) is 10. The van der Waals surface area contributed by atoms with Crippen molar-refractivity contribution in [2.24, 2.45) is 5.16 Å². The predicted molar refractivity (Wildman–Crippen MR) is 128 cm³/mol. The third-order valence-electron chi connectivity index (χ3n) is 5.18. The van der Waals surface area contributed by atoms with Crippen LogP contribution < -0.4 is 15.6 Å². The second-order valence-electron chi connectivity index (χ2n) is 7.41. The molecule has 2 aromatic rings. The van der Waals surface area contributed by atoms with Crippen LogP contribution in [0.4, 0.5) is 13.9 Å². The number of aromatic nitrogens is 2. The van der Waals surface area contributed by atoms with E-state index in [-0.39, 0.29) is 23.1 Å². The highest BCUT2D eigenvalue weighted by molar-refractivity contribution is 8.00. The molecule has 1 saturated heterocycles. The normalized spacial score (nSPS) is 19.7. The van der Waals surface area contributed by atoms with Crippen molar-refractivity contribution >= 4 is 63.5 Å². The number of amides is 2. The fourth-order valence-corrected chi connectivity index (χ4v) is 5.98. The Bertz CT molecular complexity index is 1270. The summed E-state index contributed by atoms with van der Waals surface area (Å²) in [5.74, 6) is -2.60. The van der Waals surface area contributed by atoms with Crippen molar-refractivity contribution in [3.05, 3.63) is 46.9 Å². The summed E-state index contributed by atoms with van der Waals surface area (Å²) >= 11 is 3.78. The molecular weight excluding hydrogens is 538 g/mol. The van der Waals surface area contributed by atoms with Crippen LogP contribution in [0.3, 0.4) is 0 Å². The van der Waals surface area contributed by atoms with Gasteiger partial charge in [-0.15, -0.1) is 34.9 Å². The molecule has 0 radical (unpaired) electrons. The third-order valence-corrected chi connectivity index (χ3v) is 7.91. The lowest BCUT2D eigenvalue weighted by Crippen LogP contribution is -2.71. The first-order valence-electron chi connectivity index (χ1n) is 10.2. The minimum absolute atomic E-state index is 0.0704. The number of alkyl halides is 2. The highest BCUT2D eigenvalue weighted by Crippen LogP contribution is 2.40. The van der Waals surface area contributed by atoms with Gasteiger partial charge >= 0.3 is 12.6 Å². The largest absolute Gasteiger partial charge is 0.477 e. The lowest BCUT2D eigenvalue weighted by atomic mass is 10.0. The van der Waals surface area contributed by atoms with E-state index in [9.17, 15) is 28.3 Å². The Balaban J connectivity index is 1.54. The van der Waals surface area contributed by atoms with Crippen LogP contribution in [0.1, 0.15) is 5.69 Å². The van der Waals surface area contributed by atoms with Gasteiger partial charge in [-0.3, -0.25) is 14.5 Å². The van der Waals surface area contributed by atoms with Crippen molar-refractivity contribution in [2.75, 3.05) is 17.7 Å². The zero-order chi connectivity index (χ0) is 26.0. The zero-order valence-electron chi connectivity index (χ0n) is 18.5. The number of carbonyl (C=O) groups excluding carboxylic acids is 2. The van der Waals surface area contributed by atoms with Crippen LogP contribution in [0.15, 0.2) is 51.2 Å². The lowest BCUT2D eigenvalue weighted by molar-refractivity contribution is -0.690. The third kappa shape index (κ3) is 5.29. The second kappa shape index (κ2) is 10.8. The number of anilines is 1. The SMILES string of the molecule is CSc1ccc[n+](CC2=C(C(=O)O)N3C(=O)C(NC(=O)C(=NOC(F)F)c4csc(N)n4)[C@H]3SC2)c1. The Labute approximate surface area is 215 Å². The van der Waals surface area contributed by atoms with Crippen LogP contribution in [0.5, 0.6) is 0 Å². The average molecular weight is 558 g/mol. The van der Waals surface area contributed by atoms with Crippen molar-refractivity contribution in [3.63, 3.8) is 0 Å². The molecule has 0 aliphatic carbocycles. The Kier molecular flexibility index (Phi) is 7.75. The quantitative estimate of drug-likeness (QED) is 0.135. The molecule has 2 aliphatic heterocycles. The molecule has 2 amide bonds. The first kappa shape index (κ1) is 25.8. The number of oxime groups is 1. The van der Waals surface area contributed by atoms with E-state index in [4.69, 9.17) is 5.73 Å². The summed E-state index contributed by atoms with van der Waals surface area (Å²) in [5.41, 5.74) is 5.26. The maximum absolute atomic E-state index is 12.9. The van der Waals surface area contributed by atoms with Crippen molar-refractivity contribution in [2.45, 2.75) is 29.5 Å². The molecule has 190 valence electrons. The number of β-lactam (4-membered cyclic amide) rings is 1. The molecule has 4 N–H and O–H groups in total. The van der Waals surface area contributed by atoms with E-state index in [0.29, 0.717) is 11.3 Å². The number of halogens is 2. The van der Waals surface area contributed by atoms with Gasteiger partial charge in [0.15, 0.2) is 29.8 Å². The van der Waals surface area contributed by atoms with E-state index >= 15 is 0 Å². The van der Waals surface area contributed by atoms with Gasteiger partial charge in [-0.2, -0.15) is 13.3 Å². The number of carboxylic acid groups (broad SMARTS) is 1. The molecular formula is C20H19F2N6O5S3+. The minimum Gasteiger partial charge on any atom is -0.477 e. The van der Waals surface area contributed by atoms with E-state index in [1.165, 1.54) is 17.1 Å². The Morgan fingerprint density at radius 1 is 1.50 bits per heavy atom. The van der Waals surface area contributed by atoms with Gasteiger partial charge in [0.1, 0.15) is 22.8 Å².